The second-order valence-electron chi connectivity index (χ2n) is 7.68. The molecular weight excluding hydrogens is 316 g/mol. The van der Waals surface area contributed by atoms with E-state index < -0.39 is 0 Å². The Labute approximate surface area is 150 Å². The van der Waals surface area contributed by atoms with E-state index in [4.69, 9.17) is 9.47 Å². The quantitative estimate of drug-likeness (QED) is 0.818. The summed E-state index contributed by atoms with van der Waals surface area (Å²) in [6, 6.07) is 6.63. The summed E-state index contributed by atoms with van der Waals surface area (Å²) < 4.78 is 11.0. The van der Waals surface area contributed by atoms with Gasteiger partial charge in [-0.3, -0.25) is 9.69 Å². The average Bonchev–Trinajstić information content (AvgIpc) is 2.74. The van der Waals surface area contributed by atoms with Gasteiger partial charge in [-0.15, -0.1) is 0 Å². The molecule has 0 unspecified atom stereocenters. The van der Waals surface area contributed by atoms with Crippen LogP contribution < -0.4 is 0 Å². The Morgan fingerprint density at radius 1 is 1.28 bits per heavy atom. The van der Waals surface area contributed by atoms with Gasteiger partial charge in [-0.25, -0.2) is 0 Å². The van der Waals surface area contributed by atoms with Gasteiger partial charge in [0.25, 0.3) is 0 Å². The number of rotatable bonds is 5. The second-order valence-corrected chi connectivity index (χ2v) is 7.68. The van der Waals surface area contributed by atoms with Crippen LogP contribution in [0.1, 0.15) is 23.1 Å². The van der Waals surface area contributed by atoms with Gasteiger partial charge < -0.3 is 14.4 Å². The van der Waals surface area contributed by atoms with Gasteiger partial charge in [-0.05, 0) is 25.0 Å². The maximum Gasteiger partial charge on any atom is 0.223 e. The lowest BCUT2D eigenvalue weighted by atomic mass is 9.87. The van der Waals surface area contributed by atoms with Crippen LogP contribution in [0.2, 0.25) is 0 Å². The zero-order valence-electron chi connectivity index (χ0n) is 15.7. The second kappa shape index (κ2) is 7.85. The molecule has 1 aromatic carbocycles. The van der Waals surface area contributed by atoms with E-state index in [1.54, 1.807) is 7.11 Å². The van der Waals surface area contributed by atoms with E-state index in [9.17, 15) is 4.79 Å². The van der Waals surface area contributed by atoms with Crippen molar-refractivity contribution in [2.75, 3.05) is 53.1 Å². The number of methoxy groups -OCH3 is 1. The first-order valence-electron chi connectivity index (χ1n) is 9.14. The minimum Gasteiger partial charge on any atom is -0.383 e. The summed E-state index contributed by atoms with van der Waals surface area (Å²) in [4.78, 5) is 16.8. The number of carbonyl (C=O) groups excluding carboxylic acids is 1. The van der Waals surface area contributed by atoms with E-state index in [1.807, 2.05) is 4.90 Å². The molecule has 138 valence electrons. The lowest BCUT2D eigenvalue weighted by Crippen LogP contribution is -2.41. The van der Waals surface area contributed by atoms with Crippen LogP contribution in [-0.4, -0.2) is 68.8 Å². The number of ether oxygens (including phenoxy) is 2. The molecule has 2 saturated heterocycles. The molecule has 2 aliphatic rings. The first kappa shape index (κ1) is 18.4. The Bertz CT molecular complexity index is 619. The first-order chi connectivity index (χ1) is 12.0. The molecular formula is C20H30N2O3. The van der Waals surface area contributed by atoms with Gasteiger partial charge in [-0.2, -0.15) is 0 Å². The summed E-state index contributed by atoms with van der Waals surface area (Å²) in [5.74, 6) is 0.231. The molecule has 5 nitrogen and oxygen atoms in total. The molecule has 1 amide bonds. The highest BCUT2D eigenvalue weighted by atomic mass is 16.5. The van der Waals surface area contributed by atoms with E-state index in [0.717, 1.165) is 32.8 Å². The van der Waals surface area contributed by atoms with Gasteiger partial charge in [0.15, 0.2) is 0 Å². The van der Waals surface area contributed by atoms with Crippen molar-refractivity contribution in [3.63, 3.8) is 0 Å². The monoisotopic (exact) mass is 346 g/mol. The van der Waals surface area contributed by atoms with Crippen molar-refractivity contribution in [2.24, 2.45) is 5.41 Å². The maximum absolute atomic E-state index is 12.4. The number of likely N-dealkylation sites (tertiary alicyclic amines) is 1. The molecule has 0 aliphatic carbocycles. The van der Waals surface area contributed by atoms with Gasteiger partial charge in [-0.1, -0.05) is 23.8 Å². The Kier molecular flexibility index (Phi) is 5.77. The minimum atomic E-state index is -0.0843. The van der Waals surface area contributed by atoms with Crippen molar-refractivity contribution in [3.05, 3.63) is 34.9 Å². The molecule has 0 radical (unpaired) electrons. The van der Waals surface area contributed by atoms with Crippen molar-refractivity contribution in [3.8, 4) is 0 Å². The van der Waals surface area contributed by atoms with Crippen LogP contribution >= 0.6 is 0 Å². The van der Waals surface area contributed by atoms with Crippen molar-refractivity contribution in [1.82, 2.24) is 9.80 Å². The minimum absolute atomic E-state index is 0.0843. The van der Waals surface area contributed by atoms with Gasteiger partial charge >= 0.3 is 0 Å². The van der Waals surface area contributed by atoms with Crippen LogP contribution in [0.5, 0.6) is 0 Å². The van der Waals surface area contributed by atoms with Crippen LogP contribution in [0, 0.1) is 19.3 Å². The lowest BCUT2D eigenvalue weighted by molar-refractivity contribution is -0.128. The van der Waals surface area contributed by atoms with Crippen molar-refractivity contribution >= 4 is 5.91 Å². The molecule has 2 heterocycles. The Balaban J connectivity index is 1.71. The molecule has 0 saturated carbocycles. The van der Waals surface area contributed by atoms with E-state index in [-0.39, 0.29) is 11.3 Å². The van der Waals surface area contributed by atoms with Crippen molar-refractivity contribution in [1.29, 1.82) is 0 Å². The van der Waals surface area contributed by atoms with Gasteiger partial charge in [0.05, 0.1) is 19.8 Å². The highest BCUT2D eigenvalue weighted by Crippen LogP contribution is 2.34. The summed E-state index contributed by atoms with van der Waals surface area (Å²) >= 11 is 0. The molecule has 5 heteroatoms. The van der Waals surface area contributed by atoms with E-state index in [0.29, 0.717) is 26.2 Å². The smallest absolute Gasteiger partial charge is 0.223 e. The highest BCUT2D eigenvalue weighted by molar-refractivity contribution is 5.79. The van der Waals surface area contributed by atoms with Crippen LogP contribution in [0.3, 0.4) is 0 Å². The average molecular weight is 346 g/mol. The third kappa shape index (κ3) is 4.40. The lowest BCUT2D eigenvalue weighted by Gasteiger charge is -2.31. The summed E-state index contributed by atoms with van der Waals surface area (Å²) in [7, 11) is 1.68. The molecule has 1 atom stereocenters. The predicted molar refractivity (Wildman–Crippen MR) is 97.5 cm³/mol. The van der Waals surface area contributed by atoms with Crippen LogP contribution in [0.25, 0.3) is 0 Å². The van der Waals surface area contributed by atoms with E-state index in [2.05, 4.69) is 36.9 Å². The molecule has 2 fully saturated rings. The van der Waals surface area contributed by atoms with Gasteiger partial charge in [0.2, 0.25) is 5.91 Å². The predicted octanol–water partition coefficient (Wildman–Crippen LogP) is 2.00. The SMILES string of the molecule is COCCN1C[C@@]2(COCCN(Cc3cc(C)ccc3C)C2)CC1=O. The summed E-state index contributed by atoms with van der Waals surface area (Å²) in [5, 5.41) is 0. The summed E-state index contributed by atoms with van der Waals surface area (Å²) in [5.41, 5.74) is 3.91. The Morgan fingerprint density at radius 2 is 2.12 bits per heavy atom. The first-order valence-corrected chi connectivity index (χ1v) is 9.14. The molecule has 2 aliphatic heterocycles. The number of nitrogens with zero attached hydrogens (tertiary/aromatic N) is 2. The molecule has 0 aromatic heterocycles. The standard InChI is InChI=1S/C20H30N2O3/c1-16-4-5-17(2)18(10-16)12-21-6-9-25-15-20(13-21)11-19(23)22(14-20)7-8-24-3/h4-5,10H,6-9,11-15H2,1-3H3/t20-/m1/s1. The maximum atomic E-state index is 12.4. The largest absolute Gasteiger partial charge is 0.383 e. The third-order valence-electron chi connectivity index (χ3n) is 5.39. The molecule has 25 heavy (non-hydrogen) atoms. The zero-order chi connectivity index (χ0) is 17.9. The molecule has 3 rings (SSSR count). The molecule has 1 spiro atoms. The van der Waals surface area contributed by atoms with Crippen LogP contribution in [0.15, 0.2) is 18.2 Å². The fourth-order valence-electron chi connectivity index (χ4n) is 4.02. The fraction of sp³-hybridized carbons (Fsp3) is 0.650. The number of aryl methyl sites for hydroxylation is 2. The van der Waals surface area contributed by atoms with E-state index >= 15 is 0 Å². The number of carbonyl (C=O) groups is 1. The van der Waals surface area contributed by atoms with E-state index in [1.165, 1.54) is 16.7 Å². The summed E-state index contributed by atoms with van der Waals surface area (Å²) in [6.07, 6.45) is 0.583. The third-order valence-corrected chi connectivity index (χ3v) is 5.39. The molecule has 0 bridgehead atoms. The number of amides is 1. The number of hydrogen-bond donors (Lipinski definition) is 0. The summed E-state index contributed by atoms with van der Waals surface area (Å²) in [6.45, 7) is 10.5. The number of hydrogen-bond acceptors (Lipinski definition) is 4. The van der Waals surface area contributed by atoms with Crippen LogP contribution in [0.4, 0.5) is 0 Å². The topological polar surface area (TPSA) is 42.0 Å². The highest BCUT2D eigenvalue weighted by Gasteiger charge is 2.45. The van der Waals surface area contributed by atoms with Gasteiger partial charge in [0, 0.05) is 51.7 Å². The molecule has 0 N–H and O–H groups in total. The Morgan fingerprint density at radius 3 is 2.92 bits per heavy atom. The van der Waals surface area contributed by atoms with Crippen molar-refractivity contribution in [2.45, 2.75) is 26.8 Å². The Hall–Kier alpha value is -1.43. The van der Waals surface area contributed by atoms with Gasteiger partial charge in [0.1, 0.15) is 0 Å². The zero-order valence-corrected chi connectivity index (χ0v) is 15.7. The fourth-order valence-corrected chi connectivity index (χ4v) is 4.02. The number of benzene rings is 1. The molecule has 1 aromatic rings. The normalized spacial score (nSPS) is 24.9. The van der Waals surface area contributed by atoms with Crippen LogP contribution in [-0.2, 0) is 20.8 Å². The van der Waals surface area contributed by atoms with Crippen molar-refractivity contribution < 1.29 is 14.3 Å².